The van der Waals surface area contributed by atoms with Gasteiger partial charge in [-0.3, -0.25) is 19.8 Å². The molecule has 1 saturated heterocycles. The van der Waals surface area contributed by atoms with Crippen molar-refractivity contribution in [3.63, 3.8) is 0 Å². The van der Waals surface area contributed by atoms with E-state index in [1.807, 2.05) is 20.8 Å². The van der Waals surface area contributed by atoms with Crippen molar-refractivity contribution in [3.05, 3.63) is 69.3 Å². The summed E-state index contributed by atoms with van der Waals surface area (Å²) in [6.07, 6.45) is 6.51. The summed E-state index contributed by atoms with van der Waals surface area (Å²) in [5.74, 6) is 0.110. The molecule has 1 aliphatic heterocycles. The summed E-state index contributed by atoms with van der Waals surface area (Å²) in [5.41, 5.74) is 2.71. The van der Waals surface area contributed by atoms with E-state index in [0.717, 1.165) is 37.7 Å². The van der Waals surface area contributed by atoms with Crippen molar-refractivity contribution in [2.75, 3.05) is 19.6 Å². The molecule has 1 saturated carbocycles. The number of carbonyl (C=O) groups is 1. The molecule has 0 bridgehead atoms. The molecule has 9 nitrogen and oxygen atoms in total. The Morgan fingerprint density at radius 2 is 1.82 bits per heavy atom. The smallest absolute Gasteiger partial charge is 0.324 e. The SMILES string of the molecule is CC(C)(C)OC(=O)[C@H](Cc1ccc2c(c1)CCC2)N1CCN(S(=O)(=O)c2ccccc2[N+](=O)[O-])[C@@H](CC2CC2)C1. The molecule has 2 aromatic rings. The maximum absolute atomic E-state index is 13.8. The standard InChI is InChI=1S/C30H39N3O6S/c1-30(2,3)39-29(34)27(19-22-13-14-23-7-6-8-24(23)17-22)31-15-16-32(25(20-31)18-21-11-12-21)40(37,38)28-10-5-4-9-26(28)33(35)36/h4-5,9-10,13-14,17,21,25,27H,6-8,11-12,15-16,18-20H2,1-3H3/t25-,27-/m0/s1. The lowest BCUT2D eigenvalue weighted by atomic mass is 9.98. The zero-order chi connectivity index (χ0) is 28.7. The van der Waals surface area contributed by atoms with Crippen LogP contribution in [0.5, 0.6) is 0 Å². The largest absolute Gasteiger partial charge is 0.459 e. The molecule has 0 spiro atoms. The van der Waals surface area contributed by atoms with Crippen LogP contribution < -0.4 is 0 Å². The second kappa shape index (κ2) is 11.2. The second-order valence-corrected chi connectivity index (χ2v) is 14.2. The number of fused-ring (bicyclic) bond motifs is 1. The van der Waals surface area contributed by atoms with E-state index < -0.39 is 38.3 Å². The molecule has 10 heteroatoms. The highest BCUT2D eigenvalue weighted by atomic mass is 32.2. The van der Waals surface area contributed by atoms with Crippen molar-refractivity contribution in [1.29, 1.82) is 0 Å². The minimum absolute atomic E-state index is 0.148. The number of nitro groups is 1. The highest BCUT2D eigenvalue weighted by Gasteiger charge is 2.44. The van der Waals surface area contributed by atoms with Crippen LogP contribution in [0.1, 0.15) is 63.1 Å². The quantitative estimate of drug-likeness (QED) is 0.248. The first-order valence-corrected chi connectivity index (χ1v) is 15.7. The van der Waals surface area contributed by atoms with Crippen LogP contribution in [0.2, 0.25) is 0 Å². The maximum atomic E-state index is 13.8. The fourth-order valence-corrected chi connectivity index (χ4v) is 7.83. The molecule has 0 radical (unpaired) electrons. The van der Waals surface area contributed by atoms with E-state index in [0.29, 0.717) is 31.8 Å². The molecule has 216 valence electrons. The number of esters is 1. The van der Waals surface area contributed by atoms with E-state index in [1.165, 1.54) is 39.7 Å². The first-order valence-electron chi connectivity index (χ1n) is 14.3. The number of sulfonamides is 1. The van der Waals surface area contributed by atoms with Crippen molar-refractivity contribution in [1.82, 2.24) is 9.21 Å². The van der Waals surface area contributed by atoms with Gasteiger partial charge in [0.05, 0.1) is 4.92 Å². The third-order valence-electron chi connectivity index (χ3n) is 8.12. The van der Waals surface area contributed by atoms with Crippen LogP contribution >= 0.6 is 0 Å². The van der Waals surface area contributed by atoms with E-state index in [4.69, 9.17) is 4.74 Å². The number of nitrogens with zero attached hydrogens (tertiary/aromatic N) is 3. The molecule has 3 aliphatic rings. The lowest BCUT2D eigenvalue weighted by molar-refractivity contribution is -0.387. The summed E-state index contributed by atoms with van der Waals surface area (Å²) in [5, 5.41) is 11.7. The number of hydrogen-bond acceptors (Lipinski definition) is 7. The summed E-state index contributed by atoms with van der Waals surface area (Å²) in [6, 6.07) is 11.0. The molecule has 2 aromatic carbocycles. The van der Waals surface area contributed by atoms with E-state index in [9.17, 15) is 23.3 Å². The first-order chi connectivity index (χ1) is 18.9. The summed E-state index contributed by atoms with van der Waals surface area (Å²) in [4.78, 5) is 26.4. The normalized spacial score (nSPS) is 21.1. The Hall–Kier alpha value is -2.82. The minimum Gasteiger partial charge on any atom is -0.459 e. The Morgan fingerprint density at radius 1 is 1.10 bits per heavy atom. The molecule has 2 aliphatic carbocycles. The zero-order valence-electron chi connectivity index (χ0n) is 23.5. The van der Waals surface area contributed by atoms with Gasteiger partial charge >= 0.3 is 5.97 Å². The predicted molar refractivity (Wildman–Crippen MR) is 151 cm³/mol. The van der Waals surface area contributed by atoms with Crippen molar-refractivity contribution in [2.45, 2.75) is 88.3 Å². The number of para-hydroxylation sites is 1. The number of nitro benzene ring substituents is 1. The highest BCUT2D eigenvalue weighted by molar-refractivity contribution is 7.89. The molecule has 0 N–H and O–H groups in total. The van der Waals surface area contributed by atoms with Gasteiger partial charge in [0.2, 0.25) is 10.0 Å². The summed E-state index contributed by atoms with van der Waals surface area (Å²) in [6.45, 7) is 6.40. The van der Waals surface area contributed by atoms with Gasteiger partial charge in [0.15, 0.2) is 4.90 Å². The molecule has 40 heavy (non-hydrogen) atoms. The summed E-state index contributed by atoms with van der Waals surface area (Å²) < 4.78 is 35.0. The van der Waals surface area contributed by atoms with Crippen LogP contribution in [-0.4, -0.2) is 65.8 Å². The Bertz CT molecular complexity index is 1380. The van der Waals surface area contributed by atoms with E-state index in [1.54, 1.807) is 0 Å². The van der Waals surface area contributed by atoms with Gasteiger partial charge < -0.3 is 4.74 Å². The molecule has 0 aromatic heterocycles. The molecular weight excluding hydrogens is 530 g/mol. The lowest BCUT2D eigenvalue weighted by Gasteiger charge is -2.43. The van der Waals surface area contributed by atoms with Crippen molar-refractivity contribution in [3.8, 4) is 0 Å². The van der Waals surface area contributed by atoms with Crippen molar-refractivity contribution in [2.24, 2.45) is 5.92 Å². The molecule has 1 heterocycles. The van der Waals surface area contributed by atoms with E-state index in [2.05, 4.69) is 23.1 Å². The number of rotatable bonds is 9. The molecule has 2 atom stereocenters. The summed E-state index contributed by atoms with van der Waals surface area (Å²) in [7, 11) is -4.12. The Morgan fingerprint density at radius 3 is 2.52 bits per heavy atom. The van der Waals surface area contributed by atoms with Crippen molar-refractivity contribution >= 4 is 21.7 Å². The fourth-order valence-electron chi connectivity index (χ4n) is 6.05. The average molecular weight is 570 g/mol. The zero-order valence-corrected chi connectivity index (χ0v) is 24.4. The van der Waals surface area contributed by atoms with Crippen LogP contribution in [0.4, 0.5) is 5.69 Å². The highest BCUT2D eigenvalue weighted by Crippen LogP contribution is 2.38. The number of ether oxygens (including phenoxy) is 1. The molecule has 5 rings (SSSR count). The Labute approximate surface area is 236 Å². The third kappa shape index (κ3) is 6.39. The molecule has 2 fully saturated rings. The lowest BCUT2D eigenvalue weighted by Crippen LogP contribution is -2.59. The monoisotopic (exact) mass is 569 g/mol. The Balaban J connectivity index is 1.43. The molecule has 0 unspecified atom stereocenters. The number of piperazine rings is 1. The maximum Gasteiger partial charge on any atom is 0.324 e. The van der Waals surface area contributed by atoms with Crippen LogP contribution in [-0.2, 0) is 38.8 Å². The van der Waals surface area contributed by atoms with E-state index in [-0.39, 0.29) is 17.4 Å². The van der Waals surface area contributed by atoms with Crippen LogP contribution in [0.15, 0.2) is 47.4 Å². The van der Waals surface area contributed by atoms with Gasteiger partial charge in [-0.15, -0.1) is 0 Å². The van der Waals surface area contributed by atoms with Gasteiger partial charge in [-0.2, -0.15) is 4.31 Å². The van der Waals surface area contributed by atoms with E-state index >= 15 is 0 Å². The van der Waals surface area contributed by atoms with Gasteiger partial charge in [0, 0.05) is 31.7 Å². The third-order valence-corrected chi connectivity index (χ3v) is 10.1. The first kappa shape index (κ1) is 28.7. The van der Waals surface area contributed by atoms with Gasteiger partial charge in [-0.25, -0.2) is 8.42 Å². The fraction of sp³-hybridized carbons (Fsp3) is 0.567. The minimum atomic E-state index is -4.12. The molecular formula is C30H39N3O6S. The van der Waals surface area contributed by atoms with Crippen LogP contribution in [0.3, 0.4) is 0 Å². The van der Waals surface area contributed by atoms with Crippen LogP contribution in [0, 0.1) is 16.0 Å². The number of aryl methyl sites for hydroxylation is 2. The van der Waals surface area contributed by atoms with Crippen molar-refractivity contribution < 1.29 is 22.9 Å². The summed E-state index contributed by atoms with van der Waals surface area (Å²) >= 11 is 0. The Kier molecular flexibility index (Phi) is 8.05. The van der Waals surface area contributed by atoms with Gasteiger partial charge in [-0.1, -0.05) is 43.2 Å². The van der Waals surface area contributed by atoms with Crippen LogP contribution in [0.25, 0.3) is 0 Å². The number of benzene rings is 2. The second-order valence-electron chi connectivity index (χ2n) is 12.4. The number of carbonyl (C=O) groups excluding carboxylic acids is 1. The number of hydrogen-bond donors (Lipinski definition) is 0. The average Bonchev–Trinajstić information content (AvgIpc) is 3.58. The molecule has 0 amide bonds. The topological polar surface area (TPSA) is 110 Å². The van der Waals surface area contributed by atoms with Gasteiger partial charge in [0.25, 0.3) is 5.69 Å². The van der Waals surface area contributed by atoms with Gasteiger partial charge in [0.1, 0.15) is 11.6 Å². The van der Waals surface area contributed by atoms with Gasteiger partial charge in [-0.05, 0) is 81.5 Å². The predicted octanol–water partition coefficient (Wildman–Crippen LogP) is 4.51.